The lowest BCUT2D eigenvalue weighted by Gasteiger charge is -2.42. The first kappa shape index (κ1) is 17.0. The molecule has 0 radical (unpaired) electrons. The molecule has 1 aliphatic heterocycles. The van der Waals surface area contributed by atoms with Crippen LogP contribution in [0.3, 0.4) is 0 Å². The van der Waals surface area contributed by atoms with Crippen molar-refractivity contribution in [2.24, 2.45) is 0 Å². The lowest BCUT2D eigenvalue weighted by molar-refractivity contribution is 0.128. The third-order valence-corrected chi connectivity index (χ3v) is 5.29. The number of anilines is 1. The fraction of sp³-hybridized carbons (Fsp3) is 0.429. The highest BCUT2D eigenvalue weighted by atomic mass is 15.4. The molecule has 3 aromatic rings. The predicted molar refractivity (Wildman–Crippen MR) is 107 cm³/mol. The van der Waals surface area contributed by atoms with Gasteiger partial charge < -0.3 is 4.90 Å². The van der Waals surface area contributed by atoms with Crippen LogP contribution in [0.25, 0.3) is 16.9 Å². The summed E-state index contributed by atoms with van der Waals surface area (Å²) in [6, 6.07) is 14.5. The first-order chi connectivity index (χ1) is 12.4. The Morgan fingerprint density at radius 2 is 1.58 bits per heavy atom. The molecule has 5 heteroatoms. The molecular weight excluding hydrogens is 322 g/mol. The average Bonchev–Trinajstić information content (AvgIpc) is 2.98. The molecule has 0 atom stereocenters. The monoisotopic (exact) mass is 349 g/mol. The van der Waals surface area contributed by atoms with E-state index in [1.165, 1.54) is 0 Å². The molecule has 0 amide bonds. The molecule has 136 valence electrons. The largest absolute Gasteiger partial charge is 0.353 e. The molecule has 4 rings (SSSR count). The predicted octanol–water partition coefficient (Wildman–Crippen LogP) is 3.63. The van der Waals surface area contributed by atoms with Gasteiger partial charge in [0.05, 0.1) is 11.4 Å². The summed E-state index contributed by atoms with van der Waals surface area (Å²) in [5.41, 5.74) is 4.36. The van der Waals surface area contributed by atoms with Crippen molar-refractivity contribution in [1.82, 2.24) is 19.5 Å². The zero-order valence-electron chi connectivity index (χ0n) is 16.1. The third-order valence-electron chi connectivity index (χ3n) is 5.29. The highest BCUT2D eigenvalue weighted by Gasteiger charge is 2.26. The van der Waals surface area contributed by atoms with Crippen LogP contribution < -0.4 is 4.90 Å². The van der Waals surface area contributed by atoms with Gasteiger partial charge in [-0.15, -0.1) is 5.10 Å². The number of hydrogen-bond donors (Lipinski definition) is 0. The quantitative estimate of drug-likeness (QED) is 0.708. The van der Waals surface area contributed by atoms with Gasteiger partial charge in [-0.2, -0.15) is 0 Å². The summed E-state index contributed by atoms with van der Waals surface area (Å²) in [5, 5.41) is 4.89. The molecule has 1 fully saturated rings. The Morgan fingerprint density at radius 1 is 0.885 bits per heavy atom. The van der Waals surface area contributed by atoms with Gasteiger partial charge in [-0.05, 0) is 39.8 Å². The van der Waals surface area contributed by atoms with Crippen molar-refractivity contribution in [3.05, 3.63) is 48.2 Å². The summed E-state index contributed by atoms with van der Waals surface area (Å²) in [4.78, 5) is 9.70. The van der Waals surface area contributed by atoms with Crippen LogP contribution in [0.5, 0.6) is 0 Å². The van der Waals surface area contributed by atoms with Gasteiger partial charge in [-0.3, -0.25) is 4.90 Å². The summed E-state index contributed by atoms with van der Waals surface area (Å²) in [6.07, 6.45) is 0. The van der Waals surface area contributed by atoms with Crippen molar-refractivity contribution in [1.29, 1.82) is 0 Å². The zero-order chi connectivity index (χ0) is 18.3. The van der Waals surface area contributed by atoms with E-state index in [1.54, 1.807) is 0 Å². The number of aryl methyl sites for hydroxylation is 1. The lowest BCUT2D eigenvalue weighted by Crippen LogP contribution is -2.53. The number of hydrogen-bond acceptors (Lipinski definition) is 4. The molecule has 1 aliphatic rings. The standard InChI is InChI=1S/C21H27N5/c1-16-20(17-8-6-5-7-9-17)22-18-10-11-19(23-26(16)18)24-12-14-25(15-13-24)21(2,3)4/h5-11H,12-15H2,1-4H3. The van der Waals surface area contributed by atoms with Crippen LogP contribution in [0.2, 0.25) is 0 Å². The van der Waals surface area contributed by atoms with E-state index >= 15 is 0 Å². The molecule has 0 bridgehead atoms. The number of rotatable bonds is 2. The minimum absolute atomic E-state index is 0.231. The normalized spacial score (nSPS) is 16.4. The fourth-order valence-corrected chi connectivity index (χ4v) is 3.68. The highest BCUT2D eigenvalue weighted by molar-refractivity contribution is 5.66. The van der Waals surface area contributed by atoms with E-state index in [2.05, 4.69) is 61.8 Å². The molecule has 1 aromatic carbocycles. The van der Waals surface area contributed by atoms with Crippen molar-refractivity contribution >= 4 is 11.5 Å². The first-order valence-corrected chi connectivity index (χ1v) is 9.35. The molecule has 26 heavy (non-hydrogen) atoms. The van der Waals surface area contributed by atoms with Crippen LogP contribution in [0, 0.1) is 6.92 Å². The van der Waals surface area contributed by atoms with Crippen LogP contribution in [0.15, 0.2) is 42.5 Å². The Balaban J connectivity index is 1.62. The maximum atomic E-state index is 4.89. The maximum Gasteiger partial charge on any atom is 0.154 e. The van der Waals surface area contributed by atoms with Crippen molar-refractivity contribution in [2.45, 2.75) is 33.2 Å². The summed E-state index contributed by atoms with van der Waals surface area (Å²) >= 11 is 0. The number of benzene rings is 1. The molecule has 0 aliphatic carbocycles. The van der Waals surface area contributed by atoms with Gasteiger partial charge in [0.15, 0.2) is 5.65 Å². The second-order valence-corrected chi connectivity index (χ2v) is 8.02. The second-order valence-electron chi connectivity index (χ2n) is 8.02. The van der Waals surface area contributed by atoms with E-state index in [-0.39, 0.29) is 5.54 Å². The highest BCUT2D eigenvalue weighted by Crippen LogP contribution is 2.25. The summed E-state index contributed by atoms with van der Waals surface area (Å²) in [7, 11) is 0. The summed E-state index contributed by atoms with van der Waals surface area (Å²) in [6.45, 7) is 13.1. The minimum Gasteiger partial charge on any atom is -0.353 e. The Kier molecular flexibility index (Phi) is 4.19. The molecule has 3 heterocycles. The Hall–Kier alpha value is -2.40. The SMILES string of the molecule is Cc1c(-c2ccccc2)nc2ccc(N3CCN(C(C)(C)C)CC3)nn12. The van der Waals surface area contributed by atoms with Gasteiger partial charge in [0, 0.05) is 37.3 Å². The van der Waals surface area contributed by atoms with Crippen molar-refractivity contribution in [2.75, 3.05) is 31.1 Å². The van der Waals surface area contributed by atoms with Gasteiger partial charge in [-0.25, -0.2) is 9.50 Å². The van der Waals surface area contributed by atoms with E-state index in [9.17, 15) is 0 Å². The third kappa shape index (κ3) is 3.07. The van der Waals surface area contributed by atoms with Crippen LogP contribution in [0.1, 0.15) is 26.5 Å². The van der Waals surface area contributed by atoms with Gasteiger partial charge >= 0.3 is 0 Å². The van der Waals surface area contributed by atoms with Gasteiger partial charge in [-0.1, -0.05) is 30.3 Å². The van der Waals surface area contributed by atoms with Crippen LogP contribution >= 0.6 is 0 Å². The van der Waals surface area contributed by atoms with E-state index in [0.717, 1.165) is 54.6 Å². The molecule has 0 spiro atoms. The molecule has 5 nitrogen and oxygen atoms in total. The topological polar surface area (TPSA) is 36.7 Å². The maximum absolute atomic E-state index is 4.89. The van der Waals surface area contributed by atoms with Crippen LogP contribution in [-0.4, -0.2) is 51.2 Å². The van der Waals surface area contributed by atoms with Crippen molar-refractivity contribution in [3.8, 4) is 11.3 Å². The van der Waals surface area contributed by atoms with Gasteiger partial charge in [0.25, 0.3) is 0 Å². The molecule has 0 N–H and O–H groups in total. The molecular formula is C21H27N5. The van der Waals surface area contributed by atoms with E-state index in [1.807, 2.05) is 22.7 Å². The van der Waals surface area contributed by atoms with E-state index in [0.29, 0.717) is 0 Å². The Labute approximate surface area is 155 Å². The Bertz CT molecular complexity index is 899. The van der Waals surface area contributed by atoms with Crippen LogP contribution in [-0.2, 0) is 0 Å². The minimum atomic E-state index is 0.231. The molecule has 2 aromatic heterocycles. The average molecular weight is 349 g/mol. The second kappa shape index (κ2) is 6.40. The number of nitrogens with zero attached hydrogens (tertiary/aromatic N) is 5. The van der Waals surface area contributed by atoms with E-state index in [4.69, 9.17) is 10.1 Å². The Morgan fingerprint density at radius 3 is 2.23 bits per heavy atom. The van der Waals surface area contributed by atoms with E-state index < -0.39 is 0 Å². The molecule has 0 saturated carbocycles. The summed E-state index contributed by atoms with van der Waals surface area (Å²) in [5.74, 6) is 1.03. The smallest absolute Gasteiger partial charge is 0.154 e. The zero-order valence-corrected chi connectivity index (χ0v) is 16.1. The molecule has 1 saturated heterocycles. The first-order valence-electron chi connectivity index (χ1n) is 9.35. The lowest BCUT2D eigenvalue weighted by atomic mass is 10.1. The van der Waals surface area contributed by atoms with Gasteiger partial charge in [0.2, 0.25) is 0 Å². The number of imidazole rings is 1. The van der Waals surface area contributed by atoms with Crippen molar-refractivity contribution in [3.63, 3.8) is 0 Å². The number of piperazine rings is 1. The van der Waals surface area contributed by atoms with Crippen molar-refractivity contribution < 1.29 is 0 Å². The fourth-order valence-electron chi connectivity index (χ4n) is 3.68. The van der Waals surface area contributed by atoms with Gasteiger partial charge in [0.1, 0.15) is 5.82 Å². The van der Waals surface area contributed by atoms with Crippen LogP contribution in [0.4, 0.5) is 5.82 Å². The number of aromatic nitrogens is 3. The molecule has 0 unspecified atom stereocenters. The number of fused-ring (bicyclic) bond motifs is 1. The summed E-state index contributed by atoms with van der Waals surface area (Å²) < 4.78 is 1.98.